The molecule has 3 aromatic heterocycles. The van der Waals surface area contributed by atoms with E-state index in [9.17, 15) is 14.7 Å². The molecule has 0 spiro atoms. The summed E-state index contributed by atoms with van der Waals surface area (Å²) in [5.41, 5.74) is 5.59. The number of carbonyl (C=O) groups is 1. The summed E-state index contributed by atoms with van der Waals surface area (Å²) in [5, 5.41) is 12.8. The van der Waals surface area contributed by atoms with Crippen LogP contribution in [0.15, 0.2) is 41.5 Å². The third-order valence-corrected chi connectivity index (χ3v) is 9.89. The number of nitrogens with zero attached hydrogens (tertiary/aromatic N) is 4. The van der Waals surface area contributed by atoms with E-state index < -0.39 is 23.2 Å². The number of aromatic nitrogens is 2. The van der Waals surface area contributed by atoms with Gasteiger partial charge in [-0.2, -0.15) is 0 Å². The molecule has 2 N–H and O–H groups in total. The summed E-state index contributed by atoms with van der Waals surface area (Å²) < 4.78 is 32.2. The van der Waals surface area contributed by atoms with Crippen LogP contribution < -0.4 is 15.8 Å². The fourth-order valence-corrected chi connectivity index (χ4v) is 7.75. The van der Waals surface area contributed by atoms with Gasteiger partial charge in [0.1, 0.15) is 5.56 Å². The summed E-state index contributed by atoms with van der Waals surface area (Å²) in [4.78, 5) is 34.9. The maximum atomic E-state index is 15.8. The number of likely N-dealkylation sites (tertiary alicyclic amines) is 1. The number of hydrogen-bond donors (Lipinski definition) is 2. The second kappa shape index (κ2) is 9.34. The van der Waals surface area contributed by atoms with Gasteiger partial charge in [-0.3, -0.25) is 14.2 Å². The molecule has 4 aliphatic rings. The SMILES string of the molecule is CNc1cc(F)c(F)c2c1Cc1ncc(-c3ccc4c(C5CC5)cc(C(=O)O)c(=O)n4c3)c(N3CC[C@H]4CN(C)CC43)c1-2. The number of halogens is 2. The van der Waals surface area contributed by atoms with Crippen LogP contribution in [0, 0.1) is 17.6 Å². The molecule has 0 amide bonds. The molecule has 2 atom stereocenters. The normalized spacial score (nSPS) is 20.9. The quantitative estimate of drug-likeness (QED) is 0.302. The molecule has 4 aromatic rings. The van der Waals surface area contributed by atoms with E-state index in [2.05, 4.69) is 22.2 Å². The van der Waals surface area contributed by atoms with Crippen molar-refractivity contribution < 1.29 is 18.7 Å². The standard InChI is InChI=1S/C33H31F2N5O3/c1-36-24-11-23(34)30(35)28-20(24)10-25-29(28)31(39-8-7-18-13-38(2)15-27(18)39)22(12-37-25)17-5-6-26-19(16-3-4-16)9-21(33(42)43)32(41)40(26)14-17/h5-6,9,11-12,14,16,18,27,36H,3-4,7-8,10,13,15H2,1-2H3,(H,42,43)/t18-,27?/m0/s1. The van der Waals surface area contributed by atoms with Gasteiger partial charge in [0.2, 0.25) is 0 Å². The Morgan fingerprint density at radius 3 is 2.67 bits per heavy atom. The van der Waals surface area contributed by atoms with Crippen LogP contribution in [0.5, 0.6) is 0 Å². The van der Waals surface area contributed by atoms with Crippen molar-refractivity contribution in [3.05, 3.63) is 81.0 Å². The van der Waals surface area contributed by atoms with Gasteiger partial charge in [0.25, 0.3) is 5.56 Å². The second-order valence-electron chi connectivity index (χ2n) is 12.4. The number of benzene rings is 1. The van der Waals surface area contributed by atoms with E-state index in [0.717, 1.165) is 50.1 Å². The van der Waals surface area contributed by atoms with Gasteiger partial charge in [0.15, 0.2) is 11.6 Å². The van der Waals surface area contributed by atoms with Gasteiger partial charge >= 0.3 is 5.97 Å². The number of hydrogen-bond acceptors (Lipinski definition) is 6. The molecule has 8 nitrogen and oxygen atoms in total. The number of nitrogens with one attached hydrogen (secondary N) is 1. The first-order valence-electron chi connectivity index (χ1n) is 14.8. The smallest absolute Gasteiger partial charge is 0.341 e. The van der Waals surface area contributed by atoms with Crippen LogP contribution >= 0.6 is 0 Å². The van der Waals surface area contributed by atoms with E-state index >= 15 is 8.78 Å². The van der Waals surface area contributed by atoms with Gasteiger partial charge in [0, 0.05) is 85.5 Å². The predicted molar refractivity (Wildman–Crippen MR) is 160 cm³/mol. The van der Waals surface area contributed by atoms with Gasteiger partial charge in [-0.1, -0.05) is 6.07 Å². The lowest BCUT2D eigenvalue weighted by Crippen LogP contribution is -2.35. The number of rotatable bonds is 5. The predicted octanol–water partition coefficient (Wildman–Crippen LogP) is 4.97. The number of aromatic carboxylic acids is 1. The Morgan fingerprint density at radius 2 is 1.93 bits per heavy atom. The van der Waals surface area contributed by atoms with Gasteiger partial charge in [-0.25, -0.2) is 13.6 Å². The van der Waals surface area contributed by atoms with Crippen molar-refractivity contribution in [3.8, 4) is 22.3 Å². The van der Waals surface area contributed by atoms with Crippen molar-refractivity contribution in [2.75, 3.05) is 43.9 Å². The lowest BCUT2D eigenvalue weighted by Gasteiger charge is -2.31. The molecular weight excluding hydrogens is 552 g/mol. The fourth-order valence-electron chi connectivity index (χ4n) is 7.75. The number of pyridine rings is 3. The summed E-state index contributed by atoms with van der Waals surface area (Å²) in [5.74, 6) is -2.38. The largest absolute Gasteiger partial charge is 0.477 e. The molecule has 2 saturated heterocycles. The topological polar surface area (TPSA) is 90.2 Å². The Morgan fingerprint density at radius 1 is 1.12 bits per heavy atom. The van der Waals surface area contributed by atoms with E-state index in [1.807, 2.05) is 12.1 Å². The zero-order chi connectivity index (χ0) is 29.7. The Bertz CT molecular complexity index is 1930. The summed E-state index contributed by atoms with van der Waals surface area (Å²) >= 11 is 0. The van der Waals surface area contributed by atoms with Gasteiger partial charge in [-0.15, -0.1) is 0 Å². The van der Waals surface area contributed by atoms with E-state index in [-0.39, 0.29) is 23.1 Å². The summed E-state index contributed by atoms with van der Waals surface area (Å²) in [6, 6.07) is 6.72. The first-order chi connectivity index (χ1) is 20.7. The highest BCUT2D eigenvalue weighted by molar-refractivity contribution is 5.97. The first kappa shape index (κ1) is 26.3. The minimum absolute atomic E-state index is 0.197. The zero-order valence-electron chi connectivity index (χ0n) is 24.0. The molecule has 10 heteroatoms. The van der Waals surface area contributed by atoms with Crippen LogP contribution in [0.25, 0.3) is 27.8 Å². The molecule has 2 aliphatic carbocycles. The second-order valence-corrected chi connectivity index (χ2v) is 12.4. The number of likely N-dealkylation sites (N-methyl/N-ethyl adjacent to an activating group) is 1. The van der Waals surface area contributed by atoms with Crippen molar-refractivity contribution in [1.29, 1.82) is 0 Å². The summed E-state index contributed by atoms with van der Waals surface area (Å²) in [6.45, 7) is 2.59. The number of fused-ring (bicyclic) bond motifs is 5. The van der Waals surface area contributed by atoms with Crippen LogP contribution in [-0.4, -0.2) is 65.1 Å². The van der Waals surface area contributed by atoms with Crippen LogP contribution in [0.1, 0.15) is 52.4 Å². The van der Waals surface area contributed by atoms with Crippen LogP contribution in [0.3, 0.4) is 0 Å². The third kappa shape index (κ3) is 3.85. The van der Waals surface area contributed by atoms with Crippen molar-refractivity contribution in [2.24, 2.45) is 5.92 Å². The van der Waals surface area contributed by atoms with Crippen LogP contribution in [0.4, 0.5) is 20.2 Å². The van der Waals surface area contributed by atoms with E-state index in [1.54, 1.807) is 19.4 Å². The zero-order valence-corrected chi connectivity index (χ0v) is 24.0. The molecule has 5 heterocycles. The third-order valence-electron chi connectivity index (χ3n) is 9.89. The summed E-state index contributed by atoms with van der Waals surface area (Å²) in [7, 11) is 3.80. The van der Waals surface area contributed by atoms with Gasteiger partial charge < -0.3 is 20.2 Å². The summed E-state index contributed by atoms with van der Waals surface area (Å²) in [6.07, 6.45) is 6.72. The molecule has 0 radical (unpaired) electrons. The molecule has 1 saturated carbocycles. The molecule has 1 unspecified atom stereocenters. The number of carboxylic acid groups (broad SMARTS) is 1. The molecule has 43 heavy (non-hydrogen) atoms. The van der Waals surface area contributed by atoms with E-state index in [4.69, 9.17) is 4.98 Å². The van der Waals surface area contributed by atoms with Crippen LogP contribution in [-0.2, 0) is 6.42 Å². The highest BCUT2D eigenvalue weighted by Gasteiger charge is 2.43. The average Bonchev–Trinajstić information content (AvgIpc) is 3.50. The lowest BCUT2D eigenvalue weighted by molar-refractivity contribution is 0.0694. The molecule has 3 fully saturated rings. The van der Waals surface area contributed by atoms with Crippen molar-refractivity contribution in [2.45, 2.75) is 37.6 Å². The first-order valence-corrected chi connectivity index (χ1v) is 14.8. The average molecular weight is 584 g/mol. The lowest BCUT2D eigenvalue weighted by atomic mass is 9.96. The maximum absolute atomic E-state index is 15.8. The van der Waals surface area contributed by atoms with E-state index in [0.29, 0.717) is 51.5 Å². The minimum Gasteiger partial charge on any atom is -0.477 e. The Hall–Kier alpha value is -4.31. The Kier molecular flexibility index (Phi) is 5.72. The van der Waals surface area contributed by atoms with Crippen molar-refractivity contribution >= 4 is 22.9 Å². The van der Waals surface area contributed by atoms with Crippen molar-refractivity contribution in [1.82, 2.24) is 14.3 Å². The number of anilines is 2. The monoisotopic (exact) mass is 583 g/mol. The van der Waals surface area contributed by atoms with Gasteiger partial charge in [0.05, 0.1) is 16.9 Å². The maximum Gasteiger partial charge on any atom is 0.341 e. The van der Waals surface area contributed by atoms with Crippen molar-refractivity contribution in [3.63, 3.8) is 0 Å². The minimum atomic E-state index is -1.26. The molecule has 2 aliphatic heterocycles. The van der Waals surface area contributed by atoms with Crippen LogP contribution in [0.2, 0.25) is 0 Å². The van der Waals surface area contributed by atoms with Gasteiger partial charge in [-0.05, 0) is 61.4 Å². The molecular formula is C33H31F2N5O3. The van der Waals surface area contributed by atoms with E-state index in [1.165, 1.54) is 16.5 Å². The number of carboxylic acids is 1. The fraction of sp³-hybridized carbons (Fsp3) is 0.364. The molecule has 1 aromatic carbocycles. The highest BCUT2D eigenvalue weighted by Crippen LogP contribution is 2.52. The Balaban J connectivity index is 1.40. The highest BCUT2D eigenvalue weighted by atomic mass is 19.2. The Labute approximate surface area is 246 Å². The molecule has 220 valence electrons. The molecule has 8 rings (SSSR count). The molecule has 0 bridgehead atoms.